The van der Waals surface area contributed by atoms with Gasteiger partial charge in [0.2, 0.25) is 0 Å². The first-order valence-corrected chi connectivity index (χ1v) is 84.9. The molecule has 1 unspecified atom stereocenters. The molecular weight excluding hydrogens is 1840 g/mol. The highest BCUT2D eigenvalue weighted by atomic mass is 33.5. The van der Waals surface area contributed by atoms with Gasteiger partial charge in [-0.1, -0.05) is 0 Å². The predicted molar refractivity (Wildman–Crippen MR) is 423 cm³/mol. The maximum absolute atomic E-state index is 11.4. The fraction of sp³-hybridized carbons (Fsp3) is 1.00. The highest BCUT2D eigenvalue weighted by Gasteiger charge is 1.77. The Kier molecular flexibility index (Phi) is 77.8. The molecule has 0 rings (SSSR count). The molecule has 0 aromatic rings. The smallest absolute Gasteiger partial charge is 0.0844 e. The Hall–Kier alpha value is 12.2. The predicted octanol–water partition coefficient (Wildman–Crippen LogP) is -0.893. The van der Waals surface area contributed by atoms with Crippen LogP contribution >= 0.6 is 0 Å². The fourth-order valence-electron chi connectivity index (χ4n) is 0.645. The van der Waals surface area contributed by atoms with Gasteiger partial charge in [0.25, 0.3) is 0 Å². The van der Waals surface area contributed by atoms with Crippen LogP contribution in [0.1, 0.15) is 0 Å². The average molecular weight is 1840 g/mol. The van der Waals surface area contributed by atoms with E-state index in [1.165, 1.54) is 26.6 Å². The van der Waals surface area contributed by atoms with Gasteiger partial charge in [-0.15, -0.1) is 0 Å². The summed E-state index contributed by atoms with van der Waals surface area (Å²) in [6.07, 6.45) is 1.56. The first-order chi connectivity index (χ1) is 29.1. The van der Waals surface area contributed by atoms with Crippen LogP contribution in [0, 0.1) is 0 Å². The van der Waals surface area contributed by atoms with Crippen molar-refractivity contribution in [3.63, 3.8) is 0 Å². The zero-order valence-electron chi connectivity index (χ0n) is 24.8. The minimum atomic E-state index is -2.22. The van der Waals surface area contributed by atoms with Crippen LogP contribution in [0.15, 0.2) is 0 Å². The fourth-order valence-corrected chi connectivity index (χ4v) is 148. The van der Waals surface area contributed by atoms with Crippen LogP contribution < -0.4 is 5.14 Å². The van der Waals surface area contributed by atoms with Crippen LogP contribution in [-0.2, 0) is 499 Å². The monoisotopic (exact) mass is 1840 g/mol. The lowest BCUT2D eigenvalue weighted by atomic mass is 12.0. The van der Waals surface area contributed by atoms with E-state index in [1.807, 2.05) is 302 Å². The minimum absolute atomic E-state index is 1.23. The molecule has 58 heteroatoms. The standard InChI is InChI=1S/CH5NOS56/c1-59(2,3)58-57-56-55-54-53-52-51-50-49-48-47-46-45-44-43-42-41-40-39-38-37-36-35-34-33-32-31-30-29-28-27-26-25-24-23-22-21-20-19-18-17-16-15-14-13-12-11-10-9-8-7-6-5-4/h1H3,(H2,2,3). The molecule has 0 radical (unpaired) electrons. The SMILES string of the molecule is CS(N)(=O)=S=S=S=S=S=S=S=S=S=S=S=S=S=S=S=S=S=S=S=S=S=S=S=S=S=S=S=S=S=S=S=S=S=S=S=S=S=S=S=S=S=S=S=S=S=S=S=S=S=S=S=S=S=S=S. The second-order valence-electron chi connectivity index (χ2n) is 4.50. The lowest BCUT2D eigenvalue weighted by Gasteiger charge is -1.79. The molecule has 1 atom stereocenters. The van der Waals surface area contributed by atoms with Crippen molar-refractivity contribution in [1.29, 1.82) is 0 Å². The first-order valence-electron chi connectivity index (χ1n) is 9.98. The largest absolute Gasteiger partial charge is 0.251 e. The van der Waals surface area contributed by atoms with Gasteiger partial charge in [0, 0.05) is 417 Å². The molecule has 0 saturated carbocycles. The molecule has 0 fully saturated rings. The molecule has 0 aliphatic rings. The van der Waals surface area contributed by atoms with E-state index >= 15 is 0 Å². The van der Waals surface area contributed by atoms with E-state index < -0.39 is 8.68 Å². The molecule has 0 spiro atoms. The van der Waals surface area contributed by atoms with Crippen molar-refractivity contribution in [2.75, 3.05) is 6.26 Å². The third kappa shape index (κ3) is 70.2. The zero-order chi connectivity index (χ0) is 42.7. The number of hydrogen-bond donors (Lipinski definition) is 1. The van der Waals surface area contributed by atoms with Gasteiger partial charge in [-0.25, -0.2) is 4.21 Å². The van der Waals surface area contributed by atoms with E-state index in [1.54, 1.807) is 157 Å². The van der Waals surface area contributed by atoms with Gasteiger partial charge in [-0.2, -0.15) is 0 Å². The third-order valence-corrected chi connectivity index (χ3v) is 123. The molecule has 0 heterocycles. The number of rotatable bonds is 0. The Labute approximate surface area is 499 Å². The topological polar surface area (TPSA) is 43.1 Å². The lowest BCUT2D eigenvalue weighted by Crippen LogP contribution is -2.06. The number of nitrogens with two attached hydrogens (primary N) is 1. The van der Waals surface area contributed by atoms with E-state index in [0.717, 1.165) is 0 Å². The molecular formula is CH5NOS56. The van der Waals surface area contributed by atoms with Gasteiger partial charge in [0.15, 0.2) is 0 Å². The van der Waals surface area contributed by atoms with Gasteiger partial charge in [-0.05, 0) is 79.9 Å². The van der Waals surface area contributed by atoms with Gasteiger partial charge in [-0.3, -0.25) is 5.14 Å². The van der Waals surface area contributed by atoms with Crippen LogP contribution in [0.25, 0.3) is 0 Å². The highest BCUT2D eigenvalue weighted by molar-refractivity contribution is 8.83. The van der Waals surface area contributed by atoms with Gasteiger partial charge in [0.05, 0.1) is 8.68 Å². The quantitative estimate of drug-likeness (QED) is 0.343. The molecule has 0 amide bonds. The molecule has 59 heavy (non-hydrogen) atoms. The highest BCUT2D eigenvalue weighted by Crippen LogP contribution is 1.61. The molecule has 0 aromatic heterocycles. The molecule has 0 aliphatic carbocycles. The Morgan fingerprint density at radius 1 is 0.237 bits per heavy atom. The molecule has 0 saturated heterocycles. The molecule has 0 bridgehead atoms. The lowest BCUT2D eigenvalue weighted by molar-refractivity contribution is 0.687. The minimum Gasteiger partial charge on any atom is -0.251 e. The molecule has 0 aliphatic heterocycles. The Morgan fingerprint density at radius 2 is 0.339 bits per heavy atom. The summed E-state index contributed by atoms with van der Waals surface area (Å²) in [5.41, 5.74) is 0. The van der Waals surface area contributed by atoms with E-state index in [2.05, 4.69) is 0 Å². The van der Waals surface area contributed by atoms with E-state index in [9.17, 15) is 4.21 Å². The summed E-state index contributed by atoms with van der Waals surface area (Å²) < 4.78 is 11.4. The van der Waals surface area contributed by atoms with Crippen molar-refractivity contribution in [2.24, 2.45) is 5.14 Å². The van der Waals surface area contributed by atoms with E-state index in [0.29, 0.717) is 0 Å². The van der Waals surface area contributed by atoms with Crippen molar-refractivity contribution in [2.45, 2.75) is 0 Å². The molecule has 2 nitrogen and oxygen atoms in total. The summed E-state index contributed by atoms with van der Waals surface area (Å²) in [6, 6.07) is 0. The summed E-state index contributed by atoms with van der Waals surface area (Å²) in [4.78, 5) is 0. The Balaban J connectivity index is 6.12. The van der Waals surface area contributed by atoms with Crippen LogP contribution in [0.2, 0.25) is 0 Å². The Bertz CT molecular complexity index is 4210. The summed E-state index contributed by atoms with van der Waals surface area (Å²) in [7, 11) is 93.4. The van der Waals surface area contributed by atoms with Gasteiger partial charge in [0.1, 0.15) is 0 Å². The summed E-state index contributed by atoms with van der Waals surface area (Å²) in [6.45, 7) is 0. The molecule has 356 valence electrons. The van der Waals surface area contributed by atoms with E-state index in [4.69, 9.17) is 16.3 Å². The summed E-state index contributed by atoms with van der Waals surface area (Å²) in [5.74, 6) is 0. The van der Waals surface area contributed by atoms with Crippen molar-refractivity contribution < 1.29 is 4.21 Å². The van der Waals surface area contributed by atoms with Crippen LogP contribution in [0.5, 0.6) is 0 Å². The second kappa shape index (κ2) is 64.5. The maximum Gasteiger partial charge on any atom is 0.0844 e. The average Bonchev–Trinajstić information content (AvgIpc) is 3.22. The van der Waals surface area contributed by atoms with Crippen LogP contribution in [-0.4, -0.2) is 10.5 Å². The summed E-state index contributed by atoms with van der Waals surface area (Å²) >= 11 is 4.82. The van der Waals surface area contributed by atoms with Crippen molar-refractivity contribution in [3.05, 3.63) is 0 Å². The van der Waals surface area contributed by atoms with Crippen LogP contribution in [0.3, 0.4) is 0 Å². The van der Waals surface area contributed by atoms with Gasteiger partial charge < -0.3 is 0 Å². The maximum atomic E-state index is 11.4. The van der Waals surface area contributed by atoms with Gasteiger partial charge >= 0.3 is 0 Å². The molecule has 0 aromatic carbocycles. The summed E-state index contributed by atoms with van der Waals surface area (Å²) in [5, 5.41) is 5.48. The molecule has 2 N–H and O–H groups in total. The third-order valence-electron chi connectivity index (χ3n) is 1.61. The normalized spacial score (nSPS) is 9.12. The van der Waals surface area contributed by atoms with Crippen LogP contribution in [0.4, 0.5) is 0 Å². The van der Waals surface area contributed by atoms with Crippen molar-refractivity contribution in [1.82, 2.24) is 0 Å². The number of hydrogen-bond acceptors (Lipinski definition) is 2. The van der Waals surface area contributed by atoms with Crippen molar-refractivity contribution >= 4 is 499 Å². The van der Waals surface area contributed by atoms with E-state index in [-0.39, 0.29) is 0 Å². The second-order valence-corrected chi connectivity index (χ2v) is 104. The zero-order valence-corrected chi connectivity index (χ0v) is 70.6. The first kappa shape index (κ1) is 71.2. The Morgan fingerprint density at radius 3 is 0.441 bits per heavy atom. The van der Waals surface area contributed by atoms with Crippen molar-refractivity contribution in [3.8, 4) is 0 Å².